The molecule has 0 aromatic heterocycles. The van der Waals surface area contributed by atoms with Crippen molar-refractivity contribution in [3.05, 3.63) is 63.2 Å². The maximum Gasteiger partial charge on any atom is 0.273 e. The molecule has 1 N–H and O–H groups in total. The quantitative estimate of drug-likeness (QED) is 0.689. The lowest BCUT2D eigenvalue weighted by molar-refractivity contribution is -0.385. The van der Waals surface area contributed by atoms with Crippen LogP contribution in [-0.2, 0) is 10.0 Å². The van der Waals surface area contributed by atoms with Crippen LogP contribution in [0.25, 0.3) is 0 Å². The van der Waals surface area contributed by atoms with Crippen molar-refractivity contribution in [2.75, 3.05) is 4.72 Å². The van der Waals surface area contributed by atoms with Crippen LogP contribution in [0, 0.1) is 17.0 Å². The van der Waals surface area contributed by atoms with Crippen molar-refractivity contribution < 1.29 is 13.3 Å². The monoisotopic (exact) mass is 326 g/mol. The van der Waals surface area contributed by atoms with Crippen LogP contribution in [0.15, 0.2) is 47.4 Å². The Morgan fingerprint density at radius 1 is 1.14 bits per heavy atom. The fraction of sp³-hybridized carbons (Fsp3) is 0.0769. The van der Waals surface area contributed by atoms with Gasteiger partial charge >= 0.3 is 0 Å². The summed E-state index contributed by atoms with van der Waals surface area (Å²) in [7, 11) is -3.90. The van der Waals surface area contributed by atoms with Gasteiger partial charge in [0.2, 0.25) is 0 Å². The molecule has 0 aliphatic rings. The predicted octanol–water partition coefficient (Wildman–Crippen LogP) is 3.36. The molecule has 0 aliphatic carbocycles. The number of anilines is 1. The first-order valence-electron chi connectivity index (χ1n) is 5.83. The average molecular weight is 327 g/mol. The Balaban J connectivity index is 2.38. The van der Waals surface area contributed by atoms with Crippen LogP contribution in [-0.4, -0.2) is 13.3 Å². The molecule has 0 unspecified atom stereocenters. The van der Waals surface area contributed by atoms with E-state index in [1.54, 1.807) is 6.92 Å². The third-order valence-electron chi connectivity index (χ3n) is 2.78. The zero-order chi connectivity index (χ0) is 15.6. The summed E-state index contributed by atoms with van der Waals surface area (Å²) in [6.45, 7) is 1.54. The van der Waals surface area contributed by atoms with Gasteiger partial charge in [0.15, 0.2) is 0 Å². The van der Waals surface area contributed by atoms with Gasteiger partial charge in [-0.15, -0.1) is 0 Å². The molecule has 2 rings (SSSR count). The fourth-order valence-corrected chi connectivity index (χ4v) is 2.89. The first kappa shape index (κ1) is 15.3. The molecule has 6 nitrogen and oxygen atoms in total. The summed E-state index contributed by atoms with van der Waals surface area (Å²) in [5.74, 6) is 0. The molecule has 0 bridgehead atoms. The van der Waals surface area contributed by atoms with E-state index in [-0.39, 0.29) is 10.6 Å². The first-order chi connectivity index (χ1) is 9.79. The minimum absolute atomic E-state index is 0.172. The second kappa shape index (κ2) is 5.71. The van der Waals surface area contributed by atoms with E-state index in [1.807, 2.05) is 0 Å². The van der Waals surface area contributed by atoms with Gasteiger partial charge in [-0.2, -0.15) is 0 Å². The zero-order valence-corrected chi connectivity index (χ0v) is 12.5. The maximum atomic E-state index is 12.2. The highest BCUT2D eigenvalue weighted by atomic mass is 35.5. The second-order valence-corrected chi connectivity index (χ2v) is 6.44. The summed E-state index contributed by atoms with van der Waals surface area (Å²) in [6.07, 6.45) is 0. The van der Waals surface area contributed by atoms with E-state index in [0.717, 1.165) is 6.07 Å². The number of aryl methyl sites for hydroxylation is 1. The number of nitrogens with one attached hydrogen (secondary N) is 1. The van der Waals surface area contributed by atoms with Crippen LogP contribution in [0.3, 0.4) is 0 Å². The lowest BCUT2D eigenvalue weighted by atomic mass is 10.2. The number of sulfonamides is 1. The molecule has 0 heterocycles. The average Bonchev–Trinajstić information content (AvgIpc) is 2.41. The lowest BCUT2D eigenvalue weighted by Crippen LogP contribution is -2.13. The zero-order valence-electron chi connectivity index (χ0n) is 10.9. The number of nitro groups is 1. The second-order valence-electron chi connectivity index (χ2n) is 4.32. The Hall–Kier alpha value is -2.12. The number of benzene rings is 2. The lowest BCUT2D eigenvalue weighted by Gasteiger charge is -2.08. The Morgan fingerprint density at radius 3 is 2.33 bits per heavy atom. The molecule has 0 radical (unpaired) electrons. The van der Waals surface area contributed by atoms with Gasteiger partial charge in [0.25, 0.3) is 15.7 Å². The third-order valence-corrected chi connectivity index (χ3v) is 4.41. The van der Waals surface area contributed by atoms with Crippen LogP contribution < -0.4 is 4.72 Å². The normalized spacial score (nSPS) is 11.1. The third kappa shape index (κ3) is 3.50. The van der Waals surface area contributed by atoms with Gasteiger partial charge in [-0.05, 0) is 37.3 Å². The minimum atomic E-state index is -3.90. The molecule has 0 saturated carbocycles. The molecule has 21 heavy (non-hydrogen) atoms. The van der Waals surface area contributed by atoms with Crippen molar-refractivity contribution in [2.24, 2.45) is 0 Å². The van der Waals surface area contributed by atoms with Gasteiger partial charge in [0.1, 0.15) is 0 Å². The van der Waals surface area contributed by atoms with E-state index in [0.29, 0.717) is 16.3 Å². The Morgan fingerprint density at radius 2 is 1.76 bits per heavy atom. The summed E-state index contributed by atoms with van der Waals surface area (Å²) in [4.78, 5) is 10.1. The van der Waals surface area contributed by atoms with E-state index in [4.69, 9.17) is 11.6 Å². The van der Waals surface area contributed by atoms with E-state index < -0.39 is 14.9 Å². The largest absolute Gasteiger partial charge is 0.280 e. The van der Waals surface area contributed by atoms with Crippen LogP contribution >= 0.6 is 11.6 Å². The smallest absolute Gasteiger partial charge is 0.273 e. The molecule has 2 aromatic rings. The van der Waals surface area contributed by atoms with Crippen molar-refractivity contribution in [1.82, 2.24) is 0 Å². The minimum Gasteiger partial charge on any atom is -0.280 e. The first-order valence-corrected chi connectivity index (χ1v) is 7.69. The highest BCUT2D eigenvalue weighted by Gasteiger charge is 2.19. The number of hydrogen-bond donors (Lipinski definition) is 1. The molecular formula is C13H11ClN2O4S. The number of nitrogens with zero attached hydrogens (tertiary/aromatic N) is 1. The van der Waals surface area contributed by atoms with E-state index in [1.165, 1.54) is 36.4 Å². The molecule has 0 aliphatic heterocycles. The van der Waals surface area contributed by atoms with E-state index in [9.17, 15) is 18.5 Å². The van der Waals surface area contributed by atoms with Gasteiger partial charge in [-0.3, -0.25) is 14.8 Å². The highest BCUT2D eigenvalue weighted by molar-refractivity contribution is 7.92. The van der Waals surface area contributed by atoms with Gasteiger partial charge in [-0.25, -0.2) is 8.42 Å². The molecule has 2 aromatic carbocycles. The van der Waals surface area contributed by atoms with Crippen molar-refractivity contribution >= 4 is 33.0 Å². The molecule has 0 fully saturated rings. The number of halogens is 1. The fourth-order valence-electron chi connectivity index (χ4n) is 1.69. The van der Waals surface area contributed by atoms with Gasteiger partial charge in [0.05, 0.1) is 9.82 Å². The molecule has 0 spiro atoms. The highest BCUT2D eigenvalue weighted by Crippen LogP contribution is 2.24. The molecule has 0 atom stereocenters. The Bertz CT molecular complexity index is 788. The molecule has 0 saturated heterocycles. The van der Waals surface area contributed by atoms with Crippen LogP contribution in [0.2, 0.25) is 5.02 Å². The Labute approximate surface area is 126 Å². The molecule has 0 amide bonds. The van der Waals surface area contributed by atoms with Crippen LogP contribution in [0.5, 0.6) is 0 Å². The molecule has 110 valence electrons. The summed E-state index contributed by atoms with van der Waals surface area (Å²) >= 11 is 5.72. The standard InChI is InChI=1S/C13H11ClN2O4S/c1-9-2-7-12(8-13(9)16(17)18)21(19,20)15-11-5-3-10(14)4-6-11/h2-8,15H,1H3. The van der Waals surface area contributed by atoms with Gasteiger partial charge in [0, 0.05) is 22.3 Å². The molecule has 8 heteroatoms. The Kier molecular flexibility index (Phi) is 4.15. The SMILES string of the molecule is Cc1ccc(S(=O)(=O)Nc2ccc(Cl)cc2)cc1[N+](=O)[O-]. The van der Waals surface area contributed by atoms with Crippen molar-refractivity contribution in [1.29, 1.82) is 0 Å². The van der Waals surface area contributed by atoms with Crippen LogP contribution in [0.1, 0.15) is 5.56 Å². The van der Waals surface area contributed by atoms with Crippen molar-refractivity contribution in [3.8, 4) is 0 Å². The number of hydrogen-bond acceptors (Lipinski definition) is 4. The predicted molar refractivity (Wildman–Crippen MR) is 80.1 cm³/mol. The summed E-state index contributed by atoms with van der Waals surface area (Å²) in [5.41, 5.74) is 0.474. The number of nitro benzene ring substituents is 1. The van der Waals surface area contributed by atoms with Crippen LogP contribution in [0.4, 0.5) is 11.4 Å². The van der Waals surface area contributed by atoms with Gasteiger partial charge in [-0.1, -0.05) is 17.7 Å². The van der Waals surface area contributed by atoms with Crippen molar-refractivity contribution in [2.45, 2.75) is 11.8 Å². The molecular weight excluding hydrogens is 316 g/mol. The summed E-state index contributed by atoms with van der Waals surface area (Å²) < 4.78 is 26.8. The maximum absolute atomic E-state index is 12.2. The van der Waals surface area contributed by atoms with Crippen molar-refractivity contribution in [3.63, 3.8) is 0 Å². The van der Waals surface area contributed by atoms with E-state index in [2.05, 4.69) is 4.72 Å². The van der Waals surface area contributed by atoms with Gasteiger partial charge < -0.3 is 0 Å². The summed E-state index contributed by atoms with van der Waals surface area (Å²) in [5, 5.41) is 11.3. The van der Waals surface area contributed by atoms with E-state index >= 15 is 0 Å². The summed E-state index contributed by atoms with van der Waals surface area (Å²) in [6, 6.07) is 9.84. The number of rotatable bonds is 4. The topological polar surface area (TPSA) is 89.3 Å².